The molecule has 1 unspecified atom stereocenters. The molecule has 34 heavy (non-hydrogen) atoms. The highest BCUT2D eigenvalue weighted by Crippen LogP contribution is 2.74. The Hall–Kier alpha value is 0.590. The van der Waals surface area contributed by atoms with Crippen molar-refractivity contribution in [3.8, 4) is 0 Å². The molecule has 0 radical (unpaired) electrons. The van der Waals surface area contributed by atoms with Gasteiger partial charge in [0.05, 0.1) is 12.2 Å². The lowest BCUT2D eigenvalue weighted by molar-refractivity contribution is -0.00485. The van der Waals surface area contributed by atoms with Crippen molar-refractivity contribution in [2.75, 3.05) is 12.0 Å². The molecule has 6 heteroatoms. The summed E-state index contributed by atoms with van der Waals surface area (Å²) >= 11 is 3.54. The molecule has 0 aromatic heterocycles. The molecule has 0 spiro atoms. The fraction of sp³-hybridized carbons (Fsp3) is 0.929. The summed E-state index contributed by atoms with van der Waals surface area (Å²) in [6, 6.07) is 0. The summed E-state index contributed by atoms with van der Waals surface area (Å²) in [5.41, 5.74) is 2.77. The molecule has 0 saturated heterocycles. The molecule has 2 saturated carbocycles. The quantitative estimate of drug-likeness (QED) is 0.230. The Morgan fingerprint density at radius 3 is 1.74 bits per heavy atom. The predicted octanol–water partition coefficient (Wildman–Crippen LogP) is 9.62. The maximum Gasteiger partial charge on any atom is 0.357 e. The predicted molar refractivity (Wildman–Crippen MR) is 152 cm³/mol. The second kappa shape index (κ2) is 12.0. The molecular formula is C28H51O3PS2. The Balaban J connectivity index is 2.01. The van der Waals surface area contributed by atoms with Crippen molar-refractivity contribution in [1.29, 1.82) is 0 Å². The summed E-state index contributed by atoms with van der Waals surface area (Å²) in [6.07, 6.45) is 9.74. The van der Waals surface area contributed by atoms with Crippen LogP contribution in [0.4, 0.5) is 0 Å². The molecule has 2 fully saturated rings. The first-order chi connectivity index (χ1) is 15.9. The largest absolute Gasteiger partial charge is 0.357 e. The van der Waals surface area contributed by atoms with Crippen LogP contribution < -0.4 is 0 Å². The van der Waals surface area contributed by atoms with Gasteiger partial charge in [0.1, 0.15) is 0 Å². The van der Waals surface area contributed by atoms with Crippen molar-refractivity contribution >= 4 is 31.1 Å². The Morgan fingerprint density at radius 2 is 1.35 bits per heavy atom. The Bertz CT molecular complexity index is 729. The fourth-order valence-corrected chi connectivity index (χ4v) is 12.6. The minimum atomic E-state index is -3.44. The third-order valence-electron chi connectivity index (χ3n) is 8.94. The maximum atomic E-state index is 15.4. The SMILES string of the molecule is CSC1(P(=O)(O[C@@H]2C[C@H](C)CC[C@H]2C(C)C)O[C@@H]2C[C@H](C)CC[C@H]2C(C)C)CC(C)=C(C)CS1. The topological polar surface area (TPSA) is 35.5 Å². The van der Waals surface area contributed by atoms with Gasteiger partial charge in [0, 0.05) is 12.2 Å². The van der Waals surface area contributed by atoms with Gasteiger partial charge in [-0.25, -0.2) is 0 Å². The van der Waals surface area contributed by atoms with E-state index in [9.17, 15) is 0 Å². The first-order valence-corrected chi connectivity index (χ1v) is 17.5. The lowest BCUT2D eigenvalue weighted by Gasteiger charge is -2.47. The van der Waals surface area contributed by atoms with Gasteiger partial charge in [0.15, 0.2) is 3.82 Å². The highest BCUT2D eigenvalue weighted by molar-refractivity contribution is 8.25. The Morgan fingerprint density at radius 1 is 0.882 bits per heavy atom. The zero-order chi connectivity index (χ0) is 25.3. The van der Waals surface area contributed by atoms with Gasteiger partial charge in [-0.3, -0.25) is 4.57 Å². The average molecular weight is 531 g/mol. The van der Waals surface area contributed by atoms with Gasteiger partial charge in [-0.2, -0.15) is 0 Å². The number of hydrogen-bond donors (Lipinski definition) is 0. The summed E-state index contributed by atoms with van der Waals surface area (Å²) in [5.74, 6) is 4.08. The number of hydrogen-bond acceptors (Lipinski definition) is 5. The minimum absolute atomic E-state index is 0.0185. The van der Waals surface area contributed by atoms with Crippen LogP contribution in [0.15, 0.2) is 11.1 Å². The van der Waals surface area contributed by atoms with Gasteiger partial charge in [-0.15, -0.1) is 23.5 Å². The van der Waals surface area contributed by atoms with Gasteiger partial charge in [-0.05, 0) is 81.3 Å². The van der Waals surface area contributed by atoms with Crippen molar-refractivity contribution in [3.05, 3.63) is 11.1 Å². The second-order valence-electron chi connectivity index (χ2n) is 12.4. The van der Waals surface area contributed by atoms with Crippen molar-refractivity contribution in [2.45, 2.75) is 116 Å². The van der Waals surface area contributed by atoms with Crippen LogP contribution in [0.2, 0.25) is 0 Å². The van der Waals surface area contributed by atoms with E-state index in [-0.39, 0.29) is 12.2 Å². The average Bonchev–Trinajstić information content (AvgIpc) is 2.75. The smallest absolute Gasteiger partial charge is 0.303 e. The molecule has 3 aliphatic rings. The van der Waals surface area contributed by atoms with E-state index in [2.05, 4.69) is 61.6 Å². The van der Waals surface area contributed by atoms with Crippen molar-refractivity contribution in [1.82, 2.24) is 0 Å². The van der Waals surface area contributed by atoms with E-state index in [0.717, 1.165) is 37.9 Å². The zero-order valence-electron chi connectivity index (χ0n) is 23.3. The number of rotatable bonds is 8. The van der Waals surface area contributed by atoms with Crippen LogP contribution in [-0.4, -0.2) is 28.0 Å². The van der Waals surface area contributed by atoms with Crippen LogP contribution >= 0.6 is 31.1 Å². The zero-order valence-corrected chi connectivity index (χ0v) is 25.8. The highest BCUT2D eigenvalue weighted by Gasteiger charge is 2.56. The summed E-state index contributed by atoms with van der Waals surface area (Å²) in [7, 11) is -3.44. The van der Waals surface area contributed by atoms with Crippen molar-refractivity contribution in [2.24, 2.45) is 35.5 Å². The van der Waals surface area contributed by atoms with E-state index >= 15 is 4.57 Å². The van der Waals surface area contributed by atoms with Gasteiger partial charge in [-0.1, -0.05) is 65.5 Å². The standard InChI is InChI=1S/C28H51O3PS2/c1-18(2)24-12-10-20(5)14-26(24)30-32(29,28(33-9)16-22(7)23(8)17-34-28)31-27-15-21(6)11-13-25(27)19(3)4/h18-21,24-27H,10-17H2,1-9H3/t20-,21-,24+,25+,26-,27-,28?/m1/s1. The van der Waals surface area contributed by atoms with Crippen molar-refractivity contribution in [3.63, 3.8) is 0 Å². The van der Waals surface area contributed by atoms with Crippen LogP contribution in [0, 0.1) is 35.5 Å². The molecule has 1 heterocycles. The monoisotopic (exact) mass is 530 g/mol. The maximum absolute atomic E-state index is 15.4. The Kier molecular flexibility index (Phi) is 10.3. The van der Waals surface area contributed by atoms with Gasteiger partial charge >= 0.3 is 7.60 Å². The molecule has 0 aromatic carbocycles. The summed E-state index contributed by atoms with van der Waals surface area (Å²) in [5, 5.41) is 0. The first-order valence-electron chi connectivity index (χ1n) is 13.7. The normalized spacial score (nSPS) is 38.1. The summed E-state index contributed by atoms with van der Waals surface area (Å²) < 4.78 is 28.7. The summed E-state index contributed by atoms with van der Waals surface area (Å²) in [6.45, 7) is 18.3. The van der Waals surface area contributed by atoms with Gasteiger partial charge < -0.3 is 9.05 Å². The molecule has 0 amide bonds. The molecule has 0 N–H and O–H groups in total. The lowest BCUT2D eigenvalue weighted by atomic mass is 9.75. The van der Waals surface area contributed by atoms with Crippen LogP contribution in [0.25, 0.3) is 0 Å². The molecule has 2 aliphatic carbocycles. The molecule has 3 rings (SSSR count). The number of thioether (sulfide) groups is 2. The van der Waals surface area contributed by atoms with Gasteiger partial charge in [0.2, 0.25) is 0 Å². The summed E-state index contributed by atoms with van der Waals surface area (Å²) in [4.78, 5) is 0. The van der Waals surface area contributed by atoms with Crippen LogP contribution in [0.3, 0.4) is 0 Å². The van der Waals surface area contributed by atoms with E-state index in [1.165, 1.54) is 24.0 Å². The van der Waals surface area contributed by atoms with E-state index in [4.69, 9.17) is 9.05 Å². The van der Waals surface area contributed by atoms with Crippen molar-refractivity contribution < 1.29 is 13.6 Å². The van der Waals surface area contributed by atoms with Crippen LogP contribution in [0.1, 0.15) is 100 Å². The molecular weight excluding hydrogens is 479 g/mol. The molecule has 198 valence electrons. The third-order valence-corrected chi connectivity index (χ3v) is 16.1. The highest BCUT2D eigenvalue weighted by atomic mass is 32.2. The van der Waals surface area contributed by atoms with Crippen LogP contribution in [0.5, 0.6) is 0 Å². The van der Waals surface area contributed by atoms with E-state index in [0.29, 0.717) is 35.5 Å². The fourth-order valence-electron chi connectivity index (χ4n) is 6.31. The first kappa shape index (κ1) is 29.2. The lowest BCUT2D eigenvalue weighted by Crippen LogP contribution is -2.40. The molecule has 0 aromatic rings. The third kappa shape index (κ3) is 6.35. The molecule has 3 nitrogen and oxygen atoms in total. The Labute approximate surface area is 219 Å². The minimum Gasteiger partial charge on any atom is -0.303 e. The second-order valence-corrected chi connectivity index (χ2v) is 17.8. The molecule has 7 atom stereocenters. The molecule has 1 aliphatic heterocycles. The number of allylic oxidation sites excluding steroid dienone is 1. The van der Waals surface area contributed by atoms with E-state index in [1.54, 1.807) is 11.8 Å². The van der Waals surface area contributed by atoms with Gasteiger partial charge in [0.25, 0.3) is 0 Å². The van der Waals surface area contributed by atoms with Crippen LogP contribution in [-0.2, 0) is 13.6 Å². The van der Waals surface area contributed by atoms with E-state index < -0.39 is 11.4 Å². The molecule has 0 bridgehead atoms. The van der Waals surface area contributed by atoms with E-state index in [1.807, 2.05) is 11.8 Å².